The SMILES string of the molecule is CC(N(C)c1cccc(Cl)c1N)C(C)(C)C. The average molecular weight is 241 g/mol. The van der Waals surface area contributed by atoms with Crippen molar-refractivity contribution in [3.8, 4) is 0 Å². The van der Waals surface area contributed by atoms with E-state index in [-0.39, 0.29) is 5.41 Å². The van der Waals surface area contributed by atoms with Crippen LogP contribution in [0.2, 0.25) is 5.02 Å². The minimum atomic E-state index is 0.198. The highest BCUT2D eigenvalue weighted by Crippen LogP contribution is 2.34. The number of benzene rings is 1. The fourth-order valence-electron chi connectivity index (χ4n) is 1.62. The number of para-hydroxylation sites is 1. The number of hydrogen-bond acceptors (Lipinski definition) is 2. The molecular weight excluding hydrogens is 220 g/mol. The van der Waals surface area contributed by atoms with Gasteiger partial charge in [-0.15, -0.1) is 0 Å². The maximum absolute atomic E-state index is 6.03. The minimum Gasteiger partial charge on any atom is -0.396 e. The van der Waals surface area contributed by atoms with Crippen molar-refractivity contribution < 1.29 is 0 Å². The van der Waals surface area contributed by atoms with Gasteiger partial charge in [0.05, 0.1) is 16.4 Å². The van der Waals surface area contributed by atoms with E-state index < -0.39 is 0 Å². The molecule has 1 aromatic carbocycles. The summed E-state index contributed by atoms with van der Waals surface area (Å²) in [5.41, 5.74) is 7.84. The van der Waals surface area contributed by atoms with Gasteiger partial charge >= 0.3 is 0 Å². The topological polar surface area (TPSA) is 29.3 Å². The Morgan fingerprint density at radius 3 is 2.38 bits per heavy atom. The summed E-state index contributed by atoms with van der Waals surface area (Å²) >= 11 is 6.03. The number of hydrogen-bond donors (Lipinski definition) is 1. The molecule has 1 atom stereocenters. The van der Waals surface area contributed by atoms with Crippen molar-refractivity contribution in [2.24, 2.45) is 5.41 Å². The molecular formula is C13H21ClN2. The van der Waals surface area contributed by atoms with Gasteiger partial charge in [0, 0.05) is 13.1 Å². The number of anilines is 2. The van der Waals surface area contributed by atoms with Gasteiger partial charge in [-0.25, -0.2) is 0 Å². The summed E-state index contributed by atoms with van der Waals surface area (Å²) in [4.78, 5) is 2.18. The molecule has 0 aliphatic carbocycles. The predicted molar refractivity (Wildman–Crippen MR) is 73.2 cm³/mol. The predicted octanol–water partition coefficient (Wildman–Crippen LogP) is 3.79. The number of nitrogens with zero attached hydrogens (tertiary/aromatic N) is 1. The third kappa shape index (κ3) is 2.62. The second kappa shape index (κ2) is 4.54. The Hall–Kier alpha value is -0.890. The van der Waals surface area contributed by atoms with Crippen LogP contribution in [0.4, 0.5) is 11.4 Å². The number of rotatable bonds is 2. The van der Waals surface area contributed by atoms with E-state index in [1.165, 1.54) is 0 Å². The Morgan fingerprint density at radius 1 is 1.31 bits per heavy atom. The molecule has 1 aromatic rings. The molecule has 0 radical (unpaired) electrons. The van der Waals surface area contributed by atoms with Crippen LogP contribution in [0.25, 0.3) is 0 Å². The zero-order valence-corrected chi connectivity index (χ0v) is 11.5. The normalized spacial score (nSPS) is 13.6. The molecule has 0 spiro atoms. The van der Waals surface area contributed by atoms with Gasteiger partial charge in [0.1, 0.15) is 0 Å². The first-order valence-corrected chi connectivity index (χ1v) is 5.89. The molecule has 2 N–H and O–H groups in total. The van der Waals surface area contributed by atoms with Crippen molar-refractivity contribution in [1.82, 2.24) is 0 Å². The second-order valence-corrected chi connectivity index (χ2v) is 5.73. The molecule has 0 saturated carbocycles. The van der Waals surface area contributed by atoms with E-state index in [1.807, 2.05) is 18.2 Å². The minimum absolute atomic E-state index is 0.198. The summed E-state index contributed by atoms with van der Waals surface area (Å²) in [7, 11) is 2.05. The molecule has 0 amide bonds. The first kappa shape index (κ1) is 13.2. The molecule has 0 heterocycles. The van der Waals surface area contributed by atoms with Crippen molar-refractivity contribution in [2.45, 2.75) is 33.7 Å². The van der Waals surface area contributed by atoms with Gasteiger partial charge in [0.2, 0.25) is 0 Å². The largest absolute Gasteiger partial charge is 0.396 e. The fourth-order valence-corrected chi connectivity index (χ4v) is 1.79. The van der Waals surface area contributed by atoms with E-state index in [2.05, 4.69) is 39.6 Å². The van der Waals surface area contributed by atoms with Crippen LogP contribution in [0.5, 0.6) is 0 Å². The maximum atomic E-state index is 6.03. The van der Waals surface area contributed by atoms with Crippen LogP contribution in [-0.2, 0) is 0 Å². The number of nitrogen functional groups attached to an aromatic ring is 1. The lowest BCUT2D eigenvalue weighted by molar-refractivity contribution is 0.330. The molecule has 90 valence electrons. The molecule has 1 unspecified atom stereocenters. The van der Waals surface area contributed by atoms with Gasteiger partial charge in [0.25, 0.3) is 0 Å². The van der Waals surface area contributed by atoms with Crippen molar-refractivity contribution in [3.05, 3.63) is 23.2 Å². The zero-order chi connectivity index (χ0) is 12.5. The Bertz CT molecular complexity index is 369. The van der Waals surface area contributed by atoms with Crippen molar-refractivity contribution in [1.29, 1.82) is 0 Å². The van der Waals surface area contributed by atoms with Crippen LogP contribution in [0.15, 0.2) is 18.2 Å². The zero-order valence-electron chi connectivity index (χ0n) is 10.7. The molecule has 0 fully saturated rings. The van der Waals surface area contributed by atoms with E-state index in [0.717, 1.165) is 5.69 Å². The standard InChI is InChI=1S/C13H21ClN2/c1-9(13(2,3)4)16(5)11-8-6-7-10(14)12(11)15/h6-9H,15H2,1-5H3. The van der Waals surface area contributed by atoms with Gasteiger partial charge in [-0.1, -0.05) is 38.4 Å². The average Bonchev–Trinajstić information content (AvgIpc) is 2.18. The molecule has 0 aliphatic heterocycles. The summed E-state index contributed by atoms with van der Waals surface area (Å²) < 4.78 is 0. The first-order valence-electron chi connectivity index (χ1n) is 5.52. The van der Waals surface area contributed by atoms with E-state index in [0.29, 0.717) is 16.8 Å². The fraction of sp³-hybridized carbons (Fsp3) is 0.538. The highest BCUT2D eigenvalue weighted by atomic mass is 35.5. The van der Waals surface area contributed by atoms with Gasteiger partial charge in [-0.05, 0) is 24.5 Å². The van der Waals surface area contributed by atoms with E-state index in [9.17, 15) is 0 Å². The van der Waals surface area contributed by atoms with Gasteiger partial charge in [-0.3, -0.25) is 0 Å². The summed E-state index contributed by atoms with van der Waals surface area (Å²) in [6, 6.07) is 6.13. The Kier molecular flexibility index (Phi) is 3.74. The third-order valence-corrected chi connectivity index (χ3v) is 3.57. The molecule has 0 aromatic heterocycles. The van der Waals surface area contributed by atoms with Crippen LogP contribution >= 0.6 is 11.6 Å². The van der Waals surface area contributed by atoms with E-state index in [1.54, 1.807) is 0 Å². The van der Waals surface area contributed by atoms with E-state index in [4.69, 9.17) is 17.3 Å². The van der Waals surface area contributed by atoms with Crippen LogP contribution in [0, 0.1) is 5.41 Å². The molecule has 0 saturated heterocycles. The summed E-state index contributed by atoms with van der Waals surface area (Å²) in [6.45, 7) is 8.85. The van der Waals surface area contributed by atoms with E-state index >= 15 is 0 Å². The van der Waals surface area contributed by atoms with Crippen LogP contribution in [0.1, 0.15) is 27.7 Å². The summed E-state index contributed by atoms with van der Waals surface area (Å²) in [5.74, 6) is 0. The smallest absolute Gasteiger partial charge is 0.0741 e. The molecule has 2 nitrogen and oxygen atoms in total. The van der Waals surface area contributed by atoms with Gasteiger partial charge < -0.3 is 10.6 Å². The molecule has 0 bridgehead atoms. The number of nitrogens with two attached hydrogens (primary N) is 1. The molecule has 3 heteroatoms. The lowest BCUT2D eigenvalue weighted by Gasteiger charge is -2.37. The quantitative estimate of drug-likeness (QED) is 0.797. The van der Waals surface area contributed by atoms with Gasteiger partial charge in [-0.2, -0.15) is 0 Å². The monoisotopic (exact) mass is 240 g/mol. The molecule has 16 heavy (non-hydrogen) atoms. The molecule has 0 aliphatic rings. The first-order chi connectivity index (χ1) is 7.25. The molecule has 1 rings (SSSR count). The van der Waals surface area contributed by atoms with Crippen LogP contribution in [0.3, 0.4) is 0 Å². The Balaban J connectivity index is 3.06. The van der Waals surface area contributed by atoms with Crippen molar-refractivity contribution in [2.75, 3.05) is 17.7 Å². The van der Waals surface area contributed by atoms with Crippen LogP contribution in [-0.4, -0.2) is 13.1 Å². The summed E-state index contributed by atoms with van der Waals surface area (Å²) in [5, 5.41) is 0.616. The second-order valence-electron chi connectivity index (χ2n) is 5.33. The lowest BCUT2D eigenvalue weighted by Crippen LogP contribution is -2.39. The lowest BCUT2D eigenvalue weighted by atomic mass is 9.87. The Labute approximate surface area is 103 Å². The summed E-state index contributed by atoms with van der Waals surface area (Å²) in [6.07, 6.45) is 0. The van der Waals surface area contributed by atoms with Crippen LogP contribution < -0.4 is 10.6 Å². The van der Waals surface area contributed by atoms with Gasteiger partial charge in [0.15, 0.2) is 0 Å². The Morgan fingerprint density at radius 2 is 1.88 bits per heavy atom. The van der Waals surface area contributed by atoms with Crippen molar-refractivity contribution >= 4 is 23.0 Å². The third-order valence-electron chi connectivity index (χ3n) is 3.24. The highest BCUT2D eigenvalue weighted by Gasteiger charge is 2.25. The van der Waals surface area contributed by atoms with Crippen molar-refractivity contribution in [3.63, 3.8) is 0 Å². The maximum Gasteiger partial charge on any atom is 0.0741 e. The number of halogens is 1. The highest BCUT2D eigenvalue weighted by molar-refractivity contribution is 6.33.